The van der Waals surface area contributed by atoms with Gasteiger partial charge in [0, 0.05) is 0 Å². The molecule has 0 rings (SSSR count). The molecular weight excluding hydrogens is 162 g/mol. The van der Waals surface area contributed by atoms with Gasteiger partial charge in [0.05, 0.1) is 0 Å². The molecule has 0 aromatic carbocycles. The molecule has 0 saturated heterocycles. The van der Waals surface area contributed by atoms with Gasteiger partial charge in [-0.1, -0.05) is 20.8 Å². The Labute approximate surface area is 67.8 Å². The van der Waals surface area contributed by atoms with E-state index in [1.54, 1.807) is 0 Å². The van der Waals surface area contributed by atoms with Crippen molar-refractivity contribution < 1.29 is 9.61 Å². The van der Waals surface area contributed by atoms with Crippen LogP contribution in [0.4, 0.5) is 0 Å². The van der Waals surface area contributed by atoms with Gasteiger partial charge < -0.3 is 4.53 Å². The summed E-state index contributed by atoms with van der Waals surface area (Å²) in [5.74, 6) is 0. The molecule has 0 saturated carbocycles. The predicted octanol–water partition coefficient (Wildman–Crippen LogP) is 2.20. The van der Waals surface area contributed by atoms with Gasteiger partial charge in [-0.25, -0.2) is 0 Å². The van der Waals surface area contributed by atoms with Crippen molar-refractivity contribution in [2.24, 2.45) is 0 Å². The summed E-state index contributed by atoms with van der Waals surface area (Å²) in [6, 6.07) is 2.46. The molecular formula is C6H15NO3Si. The van der Waals surface area contributed by atoms with Crippen molar-refractivity contribution in [2.45, 2.75) is 38.9 Å². The quantitative estimate of drug-likeness (QED) is 0.367. The topological polar surface area (TPSA) is 52.4 Å². The molecule has 0 aliphatic heterocycles. The molecule has 0 spiro atoms. The lowest BCUT2D eigenvalue weighted by molar-refractivity contribution is -0.721. The summed E-state index contributed by atoms with van der Waals surface area (Å²) in [7, 11) is -1.98. The average Bonchev–Trinajstić information content (AvgIpc) is 2.00. The fourth-order valence-electron chi connectivity index (χ4n) is 1.10. The molecule has 0 aromatic heterocycles. The van der Waals surface area contributed by atoms with Gasteiger partial charge >= 0.3 is 0 Å². The molecule has 0 unspecified atom stereocenters. The third kappa shape index (κ3) is 2.88. The lowest BCUT2D eigenvalue weighted by Crippen LogP contribution is -2.37. The van der Waals surface area contributed by atoms with E-state index in [4.69, 9.17) is 4.53 Å². The minimum absolute atomic E-state index is 0.636. The highest BCUT2D eigenvalue weighted by Gasteiger charge is 2.32. The van der Waals surface area contributed by atoms with Crippen LogP contribution in [-0.4, -0.2) is 13.4 Å². The normalized spacial score (nSPS) is 11.2. The van der Waals surface area contributed by atoms with Crippen LogP contribution in [-0.2, 0) is 4.53 Å². The number of hydrogen-bond acceptors (Lipinski definition) is 3. The molecule has 0 fully saturated rings. The number of rotatable bonds is 5. The largest absolute Gasteiger partial charge is 0.366 e. The summed E-state index contributed by atoms with van der Waals surface area (Å²) < 4.78 is 4.75. The fourth-order valence-corrected chi connectivity index (χ4v) is 3.31. The molecule has 0 radical (unpaired) electrons. The van der Waals surface area contributed by atoms with Gasteiger partial charge in [-0.15, -0.1) is 10.1 Å². The second-order valence-corrected chi connectivity index (χ2v) is 7.23. The van der Waals surface area contributed by atoms with E-state index in [0.717, 1.165) is 18.1 Å². The van der Waals surface area contributed by atoms with Crippen LogP contribution in [0.1, 0.15) is 20.8 Å². The summed E-state index contributed by atoms with van der Waals surface area (Å²) in [4.78, 5) is 10.1. The van der Waals surface area contributed by atoms with Crippen LogP contribution in [0.25, 0.3) is 0 Å². The van der Waals surface area contributed by atoms with Crippen LogP contribution in [0.15, 0.2) is 0 Å². The zero-order valence-corrected chi connectivity index (χ0v) is 8.29. The van der Waals surface area contributed by atoms with Crippen LogP contribution in [0.3, 0.4) is 0 Å². The van der Waals surface area contributed by atoms with Crippen LogP contribution in [0.5, 0.6) is 0 Å². The van der Waals surface area contributed by atoms with Gasteiger partial charge in [0.2, 0.25) is 0 Å². The Morgan fingerprint density at radius 3 is 1.73 bits per heavy atom. The van der Waals surface area contributed by atoms with Crippen molar-refractivity contribution in [2.75, 3.05) is 0 Å². The maximum Gasteiger partial charge on any atom is 0.284 e. The van der Waals surface area contributed by atoms with E-state index in [0.29, 0.717) is 0 Å². The van der Waals surface area contributed by atoms with E-state index in [1.807, 2.05) is 20.8 Å². The molecule has 0 bridgehead atoms. The Hall–Kier alpha value is -0.583. The first-order valence-electron chi connectivity index (χ1n) is 3.93. The minimum Gasteiger partial charge on any atom is -0.366 e. The Morgan fingerprint density at radius 1 is 1.27 bits per heavy atom. The maximum absolute atomic E-state index is 10.1. The second-order valence-electron chi connectivity index (χ2n) is 2.56. The Kier molecular flexibility index (Phi) is 4.10. The van der Waals surface area contributed by atoms with Crippen molar-refractivity contribution in [3.8, 4) is 0 Å². The summed E-state index contributed by atoms with van der Waals surface area (Å²) in [6.45, 7) is 5.88. The van der Waals surface area contributed by atoms with Gasteiger partial charge in [0.25, 0.3) is 13.4 Å². The predicted molar refractivity (Wildman–Crippen MR) is 45.3 cm³/mol. The molecule has 0 atom stereocenters. The standard InChI is InChI=1S/C6H15NO3Si/c1-4-11(5-2,6-3)10-7(8)9/h4-6H2,1-3H3. The van der Waals surface area contributed by atoms with E-state index in [9.17, 15) is 10.1 Å². The smallest absolute Gasteiger partial charge is 0.284 e. The zero-order valence-electron chi connectivity index (χ0n) is 7.29. The molecule has 0 aliphatic carbocycles. The van der Waals surface area contributed by atoms with E-state index in [-0.39, 0.29) is 0 Å². The lowest BCUT2D eigenvalue weighted by atomic mass is 10.9. The molecule has 0 amide bonds. The van der Waals surface area contributed by atoms with Gasteiger partial charge in [0.15, 0.2) is 0 Å². The van der Waals surface area contributed by atoms with Crippen LogP contribution >= 0.6 is 0 Å². The van der Waals surface area contributed by atoms with E-state index >= 15 is 0 Å². The highest BCUT2D eigenvalue weighted by atomic mass is 28.4. The molecule has 4 nitrogen and oxygen atoms in total. The summed E-state index contributed by atoms with van der Waals surface area (Å²) in [5, 5.41) is 9.47. The number of hydrogen-bond donors (Lipinski definition) is 0. The first-order chi connectivity index (χ1) is 5.10. The molecule has 0 heterocycles. The van der Waals surface area contributed by atoms with Crippen molar-refractivity contribution in [3.63, 3.8) is 0 Å². The van der Waals surface area contributed by atoms with E-state index < -0.39 is 13.4 Å². The molecule has 11 heavy (non-hydrogen) atoms. The average molecular weight is 177 g/mol. The monoisotopic (exact) mass is 177 g/mol. The van der Waals surface area contributed by atoms with Crippen LogP contribution < -0.4 is 0 Å². The fraction of sp³-hybridized carbons (Fsp3) is 1.00. The highest BCUT2D eigenvalue weighted by Crippen LogP contribution is 2.21. The second kappa shape index (κ2) is 4.33. The van der Waals surface area contributed by atoms with E-state index in [1.165, 1.54) is 0 Å². The first kappa shape index (κ1) is 10.4. The van der Waals surface area contributed by atoms with E-state index in [2.05, 4.69) is 0 Å². The number of nitrogens with zero attached hydrogens (tertiary/aromatic N) is 1. The molecule has 0 aliphatic rings. The Bertz CT molecular complexity index is 128. The lowest BCUT2D eigenvalue weighted by Gasteiger charge is -2.23. The molecule has 66 valence electrons. The SMILES string of the molecule is CC[Si](CC)(CC)O[N+](=O)[O-]. The maximum atomic E-state index is 10.1. The summed E-state index contributed by atoms with van der Waals surface area (Å²) >= 11 is 0. The third-order valence-corrected chi connectivity index (χ3v) is 6.60. The zero-order chi connectivity index (χ0) is 8.91. The summed E-state index contributed by atoms with van der Waals surface area (Å²) in [5.41, 5.74) is 0. The molecule has 0 aromatic rings. The van der Waals surface area contributed by atoms with Gasteiger partial charge in [-0.3, -0.25) is 0 Å². The van der Waals surface area contributed by atoms with Gasteiger partial charge in [0.1, 0.15) is 0 Å². The molecule has 0 N–H and O–H groups in total. The van der Waals surface area contributed by atoms with Gasteiger partial charge in [-0.05, 0) is 18.1 Å². The van der Waals surface area contributed by atoms with Crippen molar-refractivity contribution >= 4 is 8.32 Å². The Morgan fingerprint density at radius 2 is 1.64 bits per heavy atom. The first-order valence-corrected chi connectivity index (χ1v) is 6.46. The Balaban J connectivity index is 4.16. The van der Waals surface area contributed by atoms with Crippen molar-refractivity contribution in [1.29, 1.82) is 0 Å². The summed E-state index contributed by atoms with van der Waals surface area (Å²) in [6.07, 6.45) is 0. The van der Waals surface area contributed by atoms with Crippen molar-refractivity contribution in [3.05, 3.63) is 10.1 Å². The minimum atomic E-state index is -1.98. The highest BCUT2D eigenvalue weighted by molar-refractivity contribution is 6.73. The molecule has 5 heteroatoms. The third-order valence-electron chi connectivity index (χ3n) is 2.20. The van der Waals surface area contributed by atoms with Gasteiger partial charge in [-0.2, -0.15) is 0 Å². The van der Waals surface area contributed by atoms with Crippen molar-refractivity contribution in [1.82, 2.24) is 0 Å². The van der Waals surface area contributed by atoms with Crippen LogP contribution in [0.2, 0.25) is 18.1 Å². The van der Waals surface area contributed by atoms with Crippen LogP contribution in [0, 0.1) is 10.1 Å².